The Bertz CT molecular complexity index is 517. The fraction of sp³-hybridized carbons (Fsp3) is 0.929. The van der Waals surface area contributed by atoms with Crippen molar-refractivity contribution in [1.82, 2.24) is 9.62 Å². The topological polar surface area (TPSA) is 116 Å². The molecule has 9 heteroatoms. The molecule has 0 saturated carbocycles. The van der Waals surface area contributed by atoms with Crippen LogP contribution in [0.2, 0.25) is 0 Å². The minimum absolute atomic E-state index is 0.0119. The van der Waals surface area contributed by atoms with Crippen LogP contribution in [0.15, 0.2) is 0 Å². The molecule has 0 radical (unpaired) electrons. The predicted octanol–water partition coefficient (Wildman–Crippen LogP) is -1.33. The lowest BCUT2D eigenvalue weighted by molar-refractivity contribution is -0.136. The molecule has 2 aliphatic rings. The summed E-state index contributed by atoms with van der Waals surface area (Å²) in [5.74, 6) is 0.505. The maximum Gasteiger partial charge on any atom is 0.225 e. The molecule has 2 saturated heterocycles. The molecule has 134 valence electrons. The van der Waals surface area contributed by atoms with Gasteiger partial charge < -0.3 is 19.8 Å². The van der Waals surface area contributed by atoms with E-state index in [4.69, 9.17) is 4.74 Å². The van der Waals surface area contributed by atoms with Gasteiger partial charge in [0.1, 0.15) is 18.3 Å². The number of aliphatic hydroxyl groups excluding tert-OH is 2. The van der Waals surface area contributed by atoms with Gasteiger partial charge in [0.2, 0.25) is 15.9 Å². The first-order valence-corrected chi connectivity index (χ1v) is 9.80. The third-order valence-corrected chi connectivity index (χ3v) is 5.21. The Morgan fingerprint density at radius 1 is 1.22 bits per heavy atom. The fourth-order valence-electron chi connectivity index (χ4n) is 2.96. The lowest BCUT2D eigenvalue weighted by Crippen LogP contribution is -2.41. The van der Waals surface area contributed by atoms with E-state index >= 15 is 0 Å². The first-order chi connectivity index (χ1) is 10.7. The van der Waals surface area contributed by atoms with Crippen molar-refractivity contribution in [2.75, 3.05) is 25.9 Å². The Hall–Kier alpha value is -0.740. The zero-order valence-electron chi connectivity index (χ0n) is 13.5. The molecule has 3 N–H and O–H groups in total. The van der Waals surface area contributed by atoms with Crippen molar-refractivity contribution in [1.29, 1.82) is 0 Å². The Morgan fingerprint density at radius 3 is 2.35 bits per heavy atom. The van der Waals surface area contributed by atoms with Crippen molar-refractivity contribution in [3.63, 3.8) is 0 Å². The minimum atomic E-state index is -3.41. The van der Waals surface area contributed by atoms with E-state index in [0.717, 1.165) is 19.1 Å². The number of amides is 1. The molecule has 8 nitrogen and oxygen atoms in total. The molecule has 0 aliphatic carbocycles. The molecular weight excluding hydrogens is 324 g/mol. The van der Waals surface area contributed by atoms with E-state index in [1.165, 1.54) is 0 Å². The summed E-state index contributed by atoms with van der Waals surface area (Å²) in [6.45, 7) is 3.42. The number of piperidine rings is 1. The van der Waals surface area contributed by atoms with Crippen LogP contribution in [0.5, 0.6) is 0 Å². The lowest BCUT2D eigenvalue weighted by atomic mass is 9.98. The summed E-state index contributed by atoms with van der Waals surface area (Å²) in [5, 5.41) is 20.0. The predicted molar refractivity (Wildman–Crippen MR) is 83.1 cm³/mol. The van der Waals surface area contributed by atoms with E-state index in [0.29, 0.717) is 19.0 Å². The maximum atomic E-state index is 12.3. The standard InChI is InChI=1S/C14H26N2O6S/c1-9-3-5-16(6-4-9)12(17)7-10-13(18)14(19)11(22-10)8-15-23(2,20)21/h9-11,13-15,18-19H,3-8H2,1-2H3. The summed E-state index contributed by atoms with van der Waals surface area (Å²) in [6.07, 6.45) is -1.18. The number of nitrogens with one attached hydrogen (secondary N) is 1. The van der Waals surface area contributed by atoms with Gasteiger partial charge in [-0.3, -0.25) is 4.79 Å². The Labute approximate surface area is 136 Å². The van der Waals surface area contributed by atoms with Gasteiger partial charge in [0.25, 0.3) is 0 Å². The van der Waals surface area contributed by atoms with Crippen LogP contribution < -0.4 is 4.72 Å². The van der Waals surface area contributed by atoms with Gasteiger partial charge in [0.05, 0.1) is 18.8 Å². The molecule has 0 aromatic rings. The van der Waals surface area contributed by atoms with Crippen LogP contribution in [0.25, 0.3) is 0 Å². The molecular formula is C14H26N2O6S. The van der Waals surface area contributed by atoms with Crippen LogP contribution in [0.4, 0.5) is 0 Å². The van der Waals surface area contributed by atoms with E-state index in [1.54, 1.807) is 4.90 Å². The second kappa shape index (κ2) is 7.43. The van der Waals surface area contributed by atoms with Gasteiger partial charge in [-0.25, -0.2) is 13.1 Å². The number of ether oxygens (including phenoxy) is 1. The van der Waals surface area contributed by atoms with Crippen LogP contribution in [-0.2, 0) is 19.6 Å². The summed E-state index contributed by atoms with van der Waals surface area (Å²) >= 11 is 0. The number of sulfonamides is 1. The average molecular weight is 350 g/mol. The van der Waals surface area contributed by atoms with Gasteiger partial charge in [0.15, 0.2) is 0 Å². The zero-order chi connectivity index (χ0) is 17.2. The van der Waals surface area contributed by atoms with Gasteiger partial charge >= 0.3 is 0 Å². The number of carbonyl (C=O) groups is 1. The van der Waals surface area contributed by atoms with Crippen LogP contribution >= 0.6 is 0 Å². The largest absolute Gasteiger partial charge is 0.388 e. The normalized spacial score (nSPS) is 33.1. The highest BCUT2D eigenvalue weighted by Crippen LogP contribution is 2.25. The quantitative estimate of drug-likeness (QED) is 0.566. The molecule has 0 aromatic carbocycles. The Morgan fingerprint density at radius 2 is 1.78 bits per heavy atom. The van der Waals surface area contributed by atoms with Crippen molar-refractivity contribution in [3.8, 4) is 0 Å². The Kier molecular flexibility index (Phi) is 6.01. The monoisotopic (exact) mass is 350 g/mol. The van der Waals surface area contributed by atoms with Crippen molar-refractivity contribution in [2.24, 2.45) is 5.92 Å². The minimum Gasteiger partial charge on any atom is -0.388 e. The highest BCUT2D eigenvalue weighted by atomic mass is 32.2. The molecule has 4 unspecified atom stereocenters. The molecule has 2 fully saturated rings. The zero-order valence-corrected chi connectivity index (χ0v) is 14.3. The van der Waals surface area contributed by atoms with E-state index in [2.05, 4.69) is 11.6 Å². The van der Waals surface area contributed by atoms with Gasteiger partial charge in [-0.05, 0) is 18.8 Å². The van der Waals surface area contributed by atoms with E-state index in [9.17, 15) is 23.4 Å². The van der Waals surface area contributed by atoms with E-state index in [-0.39, 0.29) is 18.9 Å². The number of rotatable bonds is 5. The van der Waals surface area contributed by atoms with Gasteiger partial charge in [-0.15, -0.1) is 0 Å². The van der Waals surface area contributed by atoms with Crippen molar-refractivity contribution < 1.29 is 28.2 Å². The molecule has 2 heterocycles. The van der Waals surface area contributed by atoms with Crippen molar-refractivity contribution >= 4 is 15.9 Å². The maximum absolute atomic E-state index is 12.3. The molecule has 1 amide bonds. The number of carbonyl (C=O) groups excluding carboxylic acids is 1. The number of hydrogen-bond acceptors (Lipinski definition) is 6. The van der Waals surface area contributed by atoms with Gasteiger partial charge in [0, 0.05) is 19.6 Å². The lowest BCUT2D eigenvalue weighted by Gasteiger charge is -2.31. The van der Waals surface area contributed by atoms with Crippen LogP contribution in [-0.4, -0.2) is 79.7 Å². The van der Waals surface area contributed by atoms with Crippen molar-refractivity contribution in [3.05, 3.63) is 0 Å². The third-order valence-electron chi connectivity index (χ3n) is 4.52. The molecule has 0 bridgehead atoms. The molecule has 2 rings (SSSR count). The number of aliphatic hydroxyl groups is 2. The second-order valence-electron chi connectivity index (χ2n) is 6.58. The van der Waals surface area contributed by atoms with E-state index < -0.39 is 34.4 Å². The summed E-state index contributed by atoms with van der Waals surface area (Å²) in [7, 11) is -3.41. The number of likely N-dealkylation sites (tertiary alicyclic amines) is 1. The van der Waals surface area contributed by atoms with Gasteiger partial charge in [-0.1, -0.05) is 6.92 Å². The highest BCUT2D eigenvalue weighted by molar-refractivity contribution is 7.88. The summed E-state index contributed by atoms with van der Waals surface area (Å²) < 4.78 is 29.9. The SMILES string of the molecule is CC1CCN(C(=O)CC2OC(CNS(C)(=O)=O)C(O)C2O)CC1. The fourth-order valence-corrected chi connectivity index (χ4v) is 3.42. The summed E-state index contributed by atoms with van der Waals surface area (Å²) in [6, 6.07) is 0. The van der Waals surface area contributed by atoms with Crippen LogP contribution in [0, 0.1) is 5.92 Å². The average Bonchev–Trinajstić information content (AvgIpc) is 2.73. The summed E-state index contributed by atoms with van der Waals surface area (Å²) in [4.78, 5) is 14.0. The Balaban J connectivity index is 1.86. The summed E-state index contributed by atoms with van der Waals surface area (Å²) in [5.41, 5.74) is 0. The van der Waals surface area contributed by atoms with Crippen LogP contribution in [0.3, 0.4) is 0 Å². The number of hydrogen-bond donors (Lipinski definition) is 3. The molecule has 23 heavy (non-hydrogen) atoms. The number of nitrogens with zero attached hydrogens (tertiary/aromatic N) is 1. The van der Waals surface area contributed by atoms with Crippen molar-refractivity contribution in [2.45, 2.75) is 50.6 Å². The molecule has 0 spiro atoms. The molecule has 2 aliphatic heterocycles. The first-order valence-electron chi connectivity index (χ1n) is 7.91. The smallest absolute Gasteiger partial charge is 0.225 e. The first kappa shape index (κ1) is 18.6. The molecule has 0 aromatic heterocycles. The van der Waals surface area contributed by atoms with Crippen LogP contribution in [0.1, 0.15) is 26.2 Å². The van der Waals surface area contributed by atoms with Gasteiger partial charge in [-0.2, -0.15) is 0 Å². The van der Waals surface area contributed by atoms with E-state index in [1.807, 2.05) is 0 Å². The second-order valence-corrected chi connectivity index (χ2v) is 8.42. The third kappa shape index (κ3) is 5.12. The highest BCUT2D eigenvalue weighted by Gasteiger charge is 2.44. The molecule has 4 atom stereocenters.